The maximum Gasteiger partial charge on any atom is 0.459 e. The topological polar surface area (TPSA) is 225 Å². The molecule has 18 heteroatoms. The lowest BCUT2D eigenvalue weighted by atomic mass is 9.95. The lowest BCUT2D eigenvalue weighted by Gasteiger charge is -2.31. The third kappa shape index (κ3) is 10.6. The van der Waals surface area contributed by atoms with Gasteiger partial charge in [-0.15, -0.1) is 0 Å². The van der Waals surface area contributed by atoms with Crippen LogP contribution in [0.3, 0.4) is 0 Å². The van der Waals surface area contributed by atoms with Crippen LogP contribution in [0.15, 0.2) is 79.1 Å². The van der Waals surface area contributed by atoms with Gasteiger partial charge in [0.25, 0.3) is 0 Å². The fourth-order valence-electron chi connectivity index (χ4n) is 5.70. The number of aromatic nitrogens is 3. The second-order valence-corrected chi connectivity index (χ2v) is 16.7. The third-order valence-electron chi connectivity index (χ3n) is 8.98. The predicted octanol–water partition coefficient (Wildman–Crippen LogP) is 5.50. The number of fused-ring (bicyclic) bond motifs is 1. The number of carbonyl (C=O) groups is 3. The molecule has 6 atom stereocenters. The van der Waals surface area contributed by atoms with Crippen molar-refractivity contribution in [1.82, 2.24) is 19.7 Å². The molecule has 1 saturated heterocycles. The van der Waals surface area contributed by atoms with Crippen LogP contribution in [0.2, 0.25) is 0 Å². The van der Waals surface area contributed by atoms with E-state index in [1.165, 1.54) is 29.9 Å². The van der Waals surface area contributed by atoms with E-state index in [-0.39, 0.29) is 30.5 Å². The Morgan fingerprint density at radius 2 is 1.60 bits per heavy atom. The van der Waals surface area contributed by atoms with E-state index in [0.717, 1.165) is 5.56 Å². The molecule has 5 rings (SSSR count). The van der Waals surface area contributed by atoms with Crippen molar-refractivity contribution in [2.24, 2.45) is 11.8 Å². The van der Waals surface area contributed by atoms with Gasteiger partial charge in [0.1, 0.15) is 49.0 Å². The molecule has 310 valence electrons. The highest BCUT2D eigenvalue weighted by Crippen LogP contribution is 2.50. The predicted molar refractivity (Wildman–Crippen MR) is 209 cm³/mol. The quantitative estimate of drug-likeness (QED) is 0.0718. The van der Waals surface area contributed by atoms with Crippen LogP contribution in [-0.4, -0.2) is 75.2 Å². The van der Waals surface area contributed by atoms with E-state index in [0.29, 0.717) is 5.52 Å². The number of esters is 3. The first-order valence-electron chi connectivity index (χ1n) is 18.7. The molecule has 4 aromatic rings. The van der Waals surface area contributed by atoms with Crippen LogP contribution in [0, 0.1) is 23.2 Å². The van der Waals surface area contributed by atoms with Gasteiger partial charge in [-0.3, -0.25) is 18.9 Å². The van der Waals surface area contributed by atoms with E-state index in [4.69, 9.17) is 38.5 Å². The molecule has 0 radical (unpaired) electrons. The van der Waals surface area contributed by atoms with Crippen LogP contribution in [0.1, 0.15) is 65.8 Å². The zero-order valence-electron chi connectivity index (χ0n) is 33.4. The van der Waals surface area contributed by atoms with Gasteiger partial charge in [-0.05, 0) is 50.6 Å². The highest BCUT2D eigenvalue weighted by atomic mass is 31.2. The maximum atomic E-state index is 14.7. The monoisotopic (exact) mass is 820 g/mol. The molecule has 0 spiro atoms. The first kappa shape index (κ1) is 43.7. The lowest BCUT2D eigenvalue weighted by Crippen LogP contribution is -2.50. The Bertz CT molecular complexity index is 2140. The SMILES string of the molecule is CC(C)C(=O)O[C@H]1[C@H](c2ccc3c(N)ncnn23)O[C@](C#N)(COP(=O)(N[C@@H](C)C(=O)OCC(C)(C)OCc2ccccc2)Oc2ccccc2)[C@H]1OC(=O)C(C)C. The highest BCUT2D eigenvalue weighted by molar-refractivity contribution is 7.52. The molecule has 1 unspecified atom stereocenters. The Morgan fingerprint density at radius 3 is 2.24 bits per heavy atom. The number of benzene rings is 2. The van der Waals surface area contributed by atoms with Crippen molar-refractivity contribution in [1.29, 1.82) is 5.26 Å². The van der Waals surface area contributed by atoms with Crippen LogP contribution < -0.4 is 15.3 Å². The normalized spacial score (nSPS) is 20.9. The fraction of sp³-hybridized carbons (Fsp3) is 0.450. The van der Waals surface area contributed by atoms with Crippen molar-refractivity contribution < 1.29 is 51.7 Å². The molecular formula is C40H49N6O11P. The van der Waals surface area contributed by atoms with Crippen molar-refractivity contribution in [3.8, 4) is 11.8 Å². The summed E-state index contributed by atoms with van der Waals surface area (Å²) in [4.78, 5) is 43.8. The van der Waals surface area contributed by atoms with Crippen molar-refractivity contribution in [2.45, 2.75) is 90.6 Å². The summed E-state index contributed by atoms with van der Waals surface area (Å²) in [5.74, 6) is -3.34. The molecule has 0 aliphatic carbocycles. The van der Waals surface area contributed by atoms with Crippen molar-refractivity contribution in [2.75, 3.05) is 18.9 Å². The minimum absolute atomic E-state index is 0.0917. The number of ether oxygens (including phenoxy) is 5. The number of carbonyl (C=O) groups excluding carboxylic acids is 3. The average Bonchev–Trinajstić information content (AvgIpc) is 3.76. The number of hydrogen-bond acceptors (Lipinski definition) is 15. The van der Waals surface area contributed by atoms with Crippen LogP contribution >= 0.6 is 7.75 Å². The number of nitrogens with zero attached hydrogens (tertiary/aromatic N) is 4. The van der Waals surface area contributed by atoms with Gasteiger partial charge in [-0.2, -0.15) is 15.4 Å². The Kier molecular flexibility index (Phi) is 13.9. The number of hydrogen-bond donors (Lipinski definition) is 2. The van der Waals surface area contributed by atoms with E-state index < -0.39 is 79.7 Å². The molecular weight excluding hydrogens is 771 g/mol. The zero-order chi connectivity index (χ0) is 42.3. The molecule has 1 aliphatic heterocycles. The van der Waals surface area contributed by atoms with Crippen LogP contribution in [0.25, 0.3) is 5.52 Å². The molecule has 0 saturated carbocycles. The van der Waals surface area contributed by atoms with Gasteiger partial charge < -0.3 is 33.9 Å². The van der Waals surface area contributed by atoms with E-state index in [9.17, 15) is 24.2 Å². The Morgan fingerprint density at radius 1 is 0.966 bits per heavy atom. The molecule has 58 heavy (non-hydrogen) atoms. The average molecular weight is 821 g/mol. The van der Waals surface area contributed by atoms with E-state index in [1.807, 2.05) is 36.4 Å². The first-order chi connectivity index (χ1) is 27.5. The van der Waals surface area contributed by atoms with E-state index in [2.05, 4.69) is 15.2 Å². The van der Waals surface area contributed by atoms with Crippen molar-refractivity contribution in [3.63, 3.8) is 0 Å². The summed E-state index contributed by atoms with van der Waals surface area (Å²) in [5, 5.41) is 17.8. The number of anilines is 1. The molecule has 2 aromatic heterocycles. The molecule has 3 N–H and O–H groups in total. The van der Waals surface area contributed by atoms with Crippen molar-refractivity contribution in [3.05, 3.63) is 90.4 Å². The van der Waals surface area contributed by atoms with Gasteiger partial charge >= 0.3 is 25.7 Å². The smallest absolute Gasteiger partial charge is 0.459 e. The Hall–Kier alpha value is -5.37. The Balaban J connectivity index is 1.44. The molecule has 0 amide bonds. The maximum absolute atomic E-state index is 14.7. The molecule has 1 aliphatic rings. The van der Waals surface area contributed by atoms with E-state index >= 15 is 0 Å². The number of para-hydroxylation sites is 1. The fourth-order valence-corrected chi connectivity index (χ4v) is 7.22. The van der Waals surface area contributed by atoms with Gasteiger partial charge in [0.05, 0.1) is 29.7 Å². The highest BCUT2D eigenvalue weighted by Gasteiger charge is 2.62. The lowest BCUT2D eigenvalue weighted by molar-refractivity contribution is -0.173. The van der Waals surface area contributed by atoms with Gasteiger partial charge in [0.2, 0.25) is 5.60 Å². The standard InChI is InChI=1S/C40H49N6O11P/c1-25(2)36(47)54-33-32(30-18-19-31-35(42)43-24-44-46(30)31)56-40(21-41,34(33)55-37(48)26(3)4)23-53-58(50,57-29-16-12-9-13-17-29)45-27(5)38(49)51-22-39(6,7)52-20-28-14-10-8-11-15-28/h8-19,24-27,32-34H,20,22-23H2,1-7H3,(H,45,50)(H2,42,43,44)/t27-,32-,33-,34-,40+,58?/m0/s1. The first-order valence-corrected chi connectivity index (χ1v) is 20.2. The summed E-state index contributed by atoms with van der Waals surface area (Å²) in [5.41, 5.74) is 4.50. The largest absolute Gasteiger partial charge is 0.461 e. The molecule has 3 heterocycles. The number of nitrogens with one attached hydrogen (secondary N) is 1. The second kappa shape index (κ2) is 18.5. The number of rotatable bonds is 18. The van der Waals surface area contributed by atoms with Crippen molar-refractivity contribution >= 4 is 37.0 Å². The summed E-state index contributed by atoms with van der Waals surface area (Å²) >= 11 is 0. The number of nitrogens with two attached hydrogens (primary N) is 1. The Labute approximate surface area is 336 Å². The van der Waals surface area contributed by atoms with Gasteiger partial charge in [-0.1, -0.05) is 76.2 Å². The summed E-state index contributed by atoms with van der Waals surface area (Å²) in [6.45, 7) is 10.5. The second-order valence-electron chi connectivity index (χ2n) is 15.0. The van der Waals surface area contributed by atoms with Crippen LogP contribution in [0.4, 0.5) is 5.82 Å². The summed E-state index contributed by atoms with van der Waals surface area (Å²) in [6.07, 6.45) is -3.19. The summed E-state index contributed by atoms with van der Waals surface area (Å²) in [6, 6.07) is 21.4. The van der Waals surface area contributed by atoms with Crippen LogP contribution in [0.5, 0.6) is 5.75 Å². The minimum atomic E-state index is -4.65. The van der Waals surface area contributed by atoms with Gasteiger partial charge in [-0.25, -0.2) is 14.1 Å². The molecule has 17 nitrogen and oxygen atoms in total. The summed E-state index contributed by atoms with van der Waals surface area (Å²) < 4.78 is 57.7. The zero-order valence-corrected chi connectivity index (χ0v) is 34.3. The molecule has 1 fully saturated rings. The molecule has 0 bridgehead atoms. The summed E-state index contributed by atoms with van der Waals surface area (Å²) in [7, 11) is -4.65. The van der Waals surface area contributed by atoms with Gasteiger partial charge in [0, 0.05) is 0 Å². The molecule has 2 aromatic carbocycles. The van der Waals surface area contributed by atoms with Gasteiger partial charge in [0.15, 0.2) is 18.0 Å². The number of nitriles is 1. The van der Waals surface area contributed by atoms with Crippen LogP contribution in [-0.2, 0) is 53.8 Å². The third-order valence-corrected chi connectivity index (χ3v) is 10.6. The number of nitrogen functional groups attached to an aromatic ring is 1. The van der Waals surface area contributed by atoms with E-state index in [1.54, 1.807) is 71.9 Å². The minimum Gasteiger partial charge on any atom is -0.461 e.